The fraction of sp³-hybridized carbons (Fsp3) is 0.800. The minimum atomic E-state index is 0. The minimum Gasteiger partial charge on any atom is -0.383 e. The minimum absolute atomic E-state index is 0. The molecule has 7 nitrogen and oxygen atoms in total. The zero-order valence-electron chi connectivity index (χ0n) is 14.3. The van der Waals surface area contributed by atoms with Crippen LogP contribution in [0.4, 0.5) is 0 Å². The average molecular weight is 436 g/mol. The van der Waals surface area contributed by atoms with E-state index in [9.17, 15) is 0 Å². The highest BCUT2D eigenvalue weighted by molar-refractivity contribution is 14.0. The van der Waals surface area contributed by atoms with Gasteiger partial charge in [0, 0.05) is 26.7 Å². The van der Waals surface area contributed by atoms with Crippen LogP contribution in [0, 0.1) is 6.92 Å². The Morgan fingerprint density at radius 1 is 1.30 bits per heavy atom. The van der Waals surface area contributed by atoms with Crippen LogP contribution < -0.4 is 10.6 Å². The van der Waals surface area contributed by atoms with Crippen molar-refractivity contribution < 1.29 is 4.74 Å². The molecule has 0 spiro atoms. The zero-order valence-corrected chi connectivity index (χ0v) is 16.7. The number of aliphatic imine (C=N–C) groups is 1. The number of halogens is 1. The van der Waals surface area contributed by atoms with Gasteiger partial charge in [-0.15, -0.1) is 34.2 Å². The van der Waals surface area contributed by atoms with Crippen molar-refractivity contribution in [1.29, 1.82) is 0 Å². The SMILES string of the molecule is COCCNC(=NCc1nnc(C)n1C)NC1CCCCC1.I. The van der Waals surface area contributed by atoms with Crippen LogP contribution in [0.15, 0.2) is 4.99 Å². The molecule has 0 aromatic carbocycles. The van der Waals surface area contributed by atoms with E-state index < -0.39 is 0 Å². The van der Waals surface area contributed by atoms with Crippen LogP contribution in [0.5, 0.6) is 0 Å². The summed E-state index contributed by atoms with van der Waals surface area (Å²) in [7, 11) is 3.67. The molecule has 0 atom stereocenters. The highest BCUT2D eigenvalue weighted by Crippen LogP contribution is 2.17. The van der Waals surface area contributed by atoms with Crippen molar-refractivity contribution in [3.05, 3.63) is 11.6 Å². The van der Waals surface area contributed by atoms with E-state index in [2.05, 4.69) is 25.8 Å². The summed E-state index contributed by atoms with van der Waals surface area (Å²) in [6.07, 6.45) is 6.37. The molecule has 1 fully saturated rings. The molecule has 1 heterocycles. The average Bonchev–Trinajstić information content (AvgIpc) is 2.85. The summed E-state index contributed by atoms with van der Waals surface area (Å²) in [5, 5.41) is 15.1. The first-order chi connectivity index (χ1) is 10.7. The number of guanidine groups is 1. The first kappa shape index (κ1) is 20.1. The Bertz CT molecular complexity index is 484. The summed E-state index contributed by atoms with van der Waals surface area (Å²) in [5.74, 6) is 2.61. The standard InChI is InChI=1S/C15H28N6O.HI/c1-12-19-20-14(21(12)2)11-17-15(16-9-10-22-3)18-13-7-5-4-6-8-13;/h13H,4-11H2,1-3H3,(H2,16,17,18);1H. The molecule has 132 valence electrons. The molecule has 23 heavy (non-hydrogen) atoms. The normalized spacial score (nSPS) is 16.0. The van der Waals surface area contributed by atoms with E-state index in [0.29, 0.717) is 19.2 Å². The first-order valence-corrected chi connectivity index (χ1v) is 8.09. The Hall–Kier alpha value is -0.900. The van der Waals surface area contributed by atoms with E-state index in [4.69, 9.17) is 4.74 Å². The molecule has 2 N–H and O–H groups in total. The molecule has 0 bridgehead atoms. The monoisotopic (exact) mass is 436 g/mol. The number of nitrogens with zero attached hydrogens (tertiary/aromatic N) is 4. The molecule has 8 heteroatoms. The van der Waals surface area contributed by atoms with Gasteiger partial charge < -0.3 is 19.9 Å². The van der Waals surface area contributed by atoms with Crippen molar-refractivity contribution in [3.63, 3.8) is 0 Å². The lowest BCUT2D eigenvalue weighted by Crippen LogP contribution is -2.45. The molecule has 2 rings (SSSR count). The second-order valence-electron chi connectivity index (χ2n) is 5.79. The molecule has 1 aliphatic carbocycles. The lowest BCUT2D eigenvalue weighted by molar-refractivity contribution is 0.203. The van der Waals surface area contributed by atoms with E-state index in [1.165, 1.54) is 32.1 Å². The summed E-state index contributed by atoms with van der Waals surface area (Å²) in [4.78, 5) is 4.65. The summed E-state index contributed by atoms with van der Waals surface area (Å²) < 4.78 is 7.06. The van der Waals surface area contributed by atoms with Gasteiger partial charge in [0.1, 0.15) is 12.4 Å². The van der Waals surface area contributed by atoms with Crippen LogP contribution in [0.25, 0.3) is 0 Å². The number of ether oxygens (including phenoxy) is 1. The van der Waals surface area contributed by atoms with Crippen LogP contribution in [0.2, 0.25) is 0 Å². The fourth-order valence-electron chi connectivity index (χ4n) is 2.60. The Labute approximate surface area is 155 Å². The van der Waals surface area contributed by atoms with Gasteiger partial charge in [0.2, 0.25) is 0 Å². The van der Waals surface area contributed by atoms with Crippen molar-refractivity contribution in [2.24, 2.45) is 12.0 Å². The van der Waals surface area contributed by atoms with Crippen molar-refractivity contribution in [1.82, 2.24) is 25.4 Å². The van der Waals surface area contributed by atoms with Gasteiger partial charge in [-0.25, -0.2) is 4.99 Å². The Kier molecular flexibility index (Phi) is 9.46. The predicted molar refractivity (Wildman–Crippen MR) is 102 cm³/mol. The van der Waals surface area contributed by atoms with Crippen LogP contribution in [0.3, 0.4) is 0 Å². The highest BCUT2D eigenvalue weighted by atomic mass is 127. The van der Waals surface area contributed by atoms with E-state index in [1.54, 1.807) is 7.11 Å². The van der Waals surface area contributed by atoms with Gasteiger partial charge >= 0.3 is 0 Å². The molecule has 0 amide bonds. The molecule has 0 aliphatic heterocycles. The molecule has 0 radical (unpaired) electrons. The van der Waals surface area contributed by atoms with Gasteiger partial charge in [-0.1, -0.05) is 19.3 Å². The number of aromatic nitrogens is 3. The molecule has 1 aliphatic rings. The molecule has 1 aromatic rings. The predicted octanol–water partition coefficient (Wildman–Crippen LogP) is 1.76. The van der Waals surface area contributed by atoms with Crippen molar-refractivity contribution >= 4 is 29.9 Å². The van der Waals surface area contributed by atoms with E-state index in [1.807, 2.05) is 18.5 Å². The first-order valence-electron chi connectivity index (χ1n) is 8.09. The maximum absolute atomic E-state index is 5.10. The molecule has 1 aromatic heterocycles. The lowest BCUT2D eigenvalue weighted by Gasteiger charge is -2.25. The van der Waals surface area contributed by atoms with Crippen LogP contribution in [-0.2, 0) is 18.3 Å². The number of aryl methyl sites for hydroxylation is 1. The summed E-state index contributed by atoms with van der Waals surface area (Å²) in [5.41, 5.74) is 0. The molecule has 0 unspecified atom stereocenters. The van der Waals surface area contributed by atoms with Gasteiger partial charge in [0.05, 0.1) is 6.61 Å². The number of hydrogen-bond donors (Lipinski definition) is 2. The third-order valence-corrected chi connectivity index (χ3v) is 4.11. The Morgan fingerprint density at radius 2 is 2.04 bits per heavy atom. The summed E-state index contributed by atoms with van der Waals surface area (Å²) in [6, 6.07) is 0.517. The van der Waals surface area contributed by atoms with Crippen molar-refractivity contribution in [3.8, 4) is 0 Å². The summed E-state index contributed by atoms with van der Waals surface area (Å²) in [6.45, 7) is 3.87. The zero-order chi connectivity index (χ0) is 15.8. The van der Waals surface area contributed by atoms with Gasteiger partial charge in [-0.2, -0.15) is 0 Å². The van der Waals surface area contributed by atoms with E-state index >= 15 is 0 Å². The fourth-order valence-corrected chi connectivity index (χ4v) is 2.60. The third kappa shape index (κ3) is 6.62. The molecule has 0 saturated heterocycles. The van der Waals surface area contributed by atoms with E-state index in [-0.39, 0.29) is 24.0 Å². The summed E-state index contributed by atoms with van der Waals surface area (Å²) >= 11 is 0. The molecular formula is C15H29IN6O. The van der Waals surface area contributed by atoms with Crippen LogP contribution >= 0.6 is 24.0 Å². The molecule has 1 saturated carbocycles. The maximum Gasteiger partial charge on any atom is 0.192 e. The quantitative estimate of drug-likeness (QED) is 0.308. The Morgan fingerprint density at radius 3 is 2.65 bits per heavy atom. The van der Waals surface area contributed by atoms with E-state index in [0.717, 1.165) is 24.2 Å². The topological polar surface area (TPSA) is 76.4 Å². The third-order valence-electron chi connectivity index (χ3n) is 4.11. The number of methoxy groups -OCH3 is 1. The van der Waals surface area contributed by atoms with Crippen molar-refractivity contribution in [2.75, 3.05) is 20.3 Å². The van der Waals surface area contributed by atoms with Crippen molar-refractivity contribution in [2.45, 2.75) is 51.6 Å². The second-order valence-corrected chi connectivity index (χ2v) is 5.79. The van der Waals surface area contributed by atoms with Crippen LogP contribution in [-0.4, -0.2) is 47.0 Å². The van der Waals surface area contributed by atoms with Gasteiger partial charge in [0.25, 0.3) is 0 Å². The van der Waals surface area contributed by atoms with Gasteiger partial charge in [-0.3, -0.25) is 0 Å². The number of hydrogen-bond acceptors (Lipinski definition) is 4. The van der Waals surface area contributed by atoms with Crippen LogP contribution in [0.1, 0.15) is 43.8 Å². The van der Waals surface area contributed by atoms with Gasteiger partial charge in [0.15, 0.2) is 11.8 Å². The lowest BCUT2D eigenvalue weighted by atomic mass is 9.96. The highest BCUT2D eigenvalue weighted by Gasteiger charge is 2.14. The number of nitrogens with one attached hydrogen (secondary N) is 2. The molecular weight excluding hydrogens is 407 g/mol. The largest absolute Gasteiger partial charge is 0.383 e. The van der Waals surface area contributed by atoms with Gasteiger partial charge in [-0.05, 0) is 19.8 Å². The maximum atomic E-state index is 5.10. The smallest absolute Gasteiger partial charge is 0.192 e. The number of rotatable bonds is 6. The second kappa shape index (κ2) is 10.8. The Balaban J connectivity index is 0.00000264.